The van der Waals surface area contributed by atoms with Crippen LogP contribution >= 0.6 is 11.6 Å². The highest BCUT2D eigenvalue weighted by Crippen LogP contribution is 2.20. The van der Waals surface area contributed by atoms with Gasteiger partial charge in [-0.2, -0.15) is 15.0 Å². The molecule has 2 N–H and O–H groups in total. The summed E-state index contributed by atoms with van der Waals surface area (Å²) < 4.78 is 5.60. The van der Waals surface area contributed by atoms with Crippen LogP contribution in [0.2, 0.25) is 5.02 Å². The molecular weight excluding hydrogens is 290 g/mol. The lowest BCUT2D eigenvalue weighted by atomic mass is 10.2. The molecule has 2 aromatic rings. The molecule has 0 spiro atoms. The zero-order valence-electron chi connectivity index (χ0n) is 11.5. The second-order valence-corrected chi connectivity index (χ2v) is 5.26. The Balaban J connectivity index is 1.74. The number of anilines is 2. The minimum absolute atomic E-state index is 0.168. The zero-order valence-corrected chi connectivity index (χ0v) is 12.3. The van der Waals surface area contributed by atoms with Crippen LogP contribution in [0, 0.1) is 0 Å². The van der Waals surface area contributed by atoms with Crippen molar-refractivity contribution in [3.8, 4) is 6.01 Å². The normalized spacial score (nSPS) is 14.4. The number of halogens is 1. The van der Waals surface area contributed by atoms with Gasteiger partial charge in [-0.15, -0.1) is 0 Å². The maximum absolute atomic E-state index is 6.09. The lowest BCUT2D eigenvalue weighted by molar-refractivity contribution is 0.280. The smallest absolute Gasteiger partial charge is 0.323 e. The van der Waals surface area contributed by atoms with E-state index in [1.165, 1.54) is 0 Å². The molecule has 1 aliphatic rings. The average Bonchev–Trinajstić information content (AvgIpc) is 3.00. The number of aromatic nitrogens is 3. The van der Waals surface area contributed by atoms with E-state index in [4.69, 9.17) is 22.1 Å². The zero-order chi connectivity index (χ0) is 14.7. The number of rotatable bonds is 4. The van der Waals surface area contributed by atoms with Crippen molar-refractivity contribution in [3.63, 3.8) is 0 Å². The molecule has 7 heteroatoms. The highest BCUT2D eigenvalue weighted by Gasteiger charge is 2.17. The average molecular weight is 306 g/mol. The first-order valence-corrected chi connectivity index (χ1v) is 7.23. The van der Waals surface area contributed by atoms with Gasteiger partial charge in [0.05, 0.1) is 0 Å². The molecule has 0 saturated carbocycles. The molecule has 1 saturated heterocycles. The van der Waals surface area contributed by atoms with E-state index < -0.39 is 0 Å². The standard InChI is InChI=1S/C14H16ClN5O/c15-11-6-2-1-5-10(11)9-21-14-18-12(16)17-13(19-14)20-7-3-4-8-20/h1-2,5-6H,3-4,7-9H2,(H2,16,17,18,19). The second kappa shape index (κ2) is 6.13. The minimum atomic E-state index is 0.168. The maximum atomic E-state index is 6.09. The number of benzene rings is 1. The van der Waals surface area contributed by atoms with Crippen LogP contribution in [0.4, 0.5) is 11.9 Å². The van der Waals surface area contributed by atoms with E-state index >= 15 is 0 Å². The molecule has 0 bridgehead atoms. The van der Waals surface area contributed by atoms with Gasteiger partial charge in [0.1, 0.15) is 6.61 Å². The summed E-state index contributed by atoms with van der Waals surface area (Å²) in [7, 11) is 0. The van der Waals surface area contributed by atoms with Gasteiger partial charge in [-0.1, -0.05) is 29.8 Å². The van der Waals surface area contributed by atoms with Gasteiger partial charge < -0.3 is 15.4 Å². The second-order valence-electron chi connectivity index (χ2n) is 4.85. The van der Waals surface area contributed by atoms with Crippen LogP contribution in [0.5, 0.6) is 6.01 Å². The molecule has 3 rings (SSSR count). The van der Waals surface area contributed by atoms with Crippen molar-refractivity contribution in [3.05, 3.63) is 34.9 Å². The van der Waals surface area contributed by atoms with Crippen LogP contribution < -0.4 is 15.4 Å². The summed E-state index contributed by atoms with van der Waals surface area (Å²) in [5.74, 6) is 0.746. The van der Waals surface area contributed by atoms with E-state index in [2.05, 4.69) is 19.9 Å². The van der Waals surface area contributed by atoms with Gasteiger partial charge in [0, 0.05) is 23.7 Å². The molecule has 0 radical (unpaired) electrons. The van der Waals surface area contributed by atoms with Gasteiger partial charge >= 0.3 is 6.01 Å². The molecule has 2 heterocycles. The first-order chi connectivity index (χ1) is 10.2. The third-order valence-corrected chi connectivity index (χ3v) is 3.69. The van der Waals surface area contributed by atoms with Crippen LogP contribution in [0.25, 0.3) is 0 Å². The topological polar surface area (TPSA) is 77.2 Å². The Morgan fingerprint density at radius 1 is 1.14 bits per heavy atom. The molecule has 0 aliphatic carbocycles. The van der Waals surface area contributed by atoms with Gasteiger partial charge in [0.15, 0.2) is 0 Å². The van der Waals surface area contributed by atoms with Crippen molar-refractivity contribution in [2.45, 2.75) is 19.4 Å². The van der Waals surface area contributed by atoms with E-state index in [1.54, 1.807) is 0 Å². The summed E-state index contributed by atoms with van der Waals surface area (Å²) in [5, 5.41) is 0.652. The number of nitrogens with two attached hydrogens (primary N) is 1. The Kier molecular flexibility index (Phi) is 4.06. The molecule has 6 nitrogen and oxygen atoms in total. The molecular formula is C14H16ClN5O. The minimum Gasteiger partial charge on any atom is -0.458 e. The molecule has 0 atom stereocenters. The van der Waals surface area contributed by atoms with Crippen molar-refractivity contribution in [2.75, 3.05) is 23.7 Å². The third-order valence-electron chi connectivity index (χ3n) is 3.32. The number of hydrogen-bond donors (Lipinski definition) is 1. The van der Waals surface area contributed by atoms with Gasteiger partial charge in [-0.05, 0) is 18.9 Å². The van der Waals surface area contributed by atoms with Gasteiger partial charge in [0.2, 0.25) is 11.9 Å². The Labute approximate surface area is 127 Å². The first-order valence-electron chi connectivity index (χ1n) is 6.85. The van der Waals surface area contributed by atoms with Gasteiger partial charge in [-0.3, -0.25) is 0 Å². The van der Waals surface area contributed by atoms with Crippen molar-refractivity contribution in [1.82, 2.24) is 15.0 Å². The first kappa shape index (κ1) is 13.9. The predicted octanol–water partition coefficient (Wildman–Crippen LogP) is 2.29. The molecule has 0 unspecified atom stereocenters. The molecule has 1 aromatic heterocycles. The van der Waals surface area contributed by atoms with E-state index in [-0.39, 0.29) is 12.0 Å². The van der Waals surface area contributed by atoms with Gasteiger partial charge in [-0.25, -0.2) is 0 Å². The van der Waals surface area contributed by atoms with E-state index in [9.17, 15) is 0 Å². The molecule has 1 aliphatic heterocycles. The molecule has 1 fully saturated rings. The summed E-state index contributed by atoms with van der Waals surface area (Å²) in [6.07, 6.45) is 2.28. The number of nitrogen functional groups attached to an aromatic ring is 1. The summed E-state index contributed by atoms with van der Waals surface area (Å²) in [5.41, 5.74) is 6.61. The fourth-order valence-electron chi connectivity index (χ4n) is 2.24. The van der Waals surface area contributed by atoms with Crippen molar-refractivity contribution in [2.24, 2.45) is 0 Å². The fourth-order valence-corrected chi connectivity index (χ4v) is 2.43. The van der Waals surface area contributed by atoms with E-state index in [0.717, 1.165) is 31.5 Å². The third kappa shape index (κ3) is 3.33. The number of nitrogens with zero attached hydrogens (tertiary/aromatic N) is 4. The van der Waals surface area contributed by atoms with Crippen LogP contribution in [0.1, 0.15) is 18.4 Å². The lowest BCUT2D eigenvalue weighted by Gasteiger charge is -2.15. The highest BCUT2D eigenvalue weighted by molar-refractivity contribution is 6.31. The predicted molar refractivity (Wildman–Crippen MR) is 81.5 cm³/mol. The number of ether oxygens (including phenoxy) is 1. The fraction of sp³-hybridized carbons (Fsp3) is 0.357. The monoisotopic (exact) mass is 305 g/mol. The SMILES string of the molecule is Nc1nc(OCc2ccccc2Cl)nc(N2CCCC2)n1. The van der Waals surface area contributed by atoms with Crippen LogP contribution in [0.3, 0.4) is 0 Å². The summed E-state index contributed by atoms with van der Waals surface area (Å²) in [4.78, 5) is 14.6. The Morgan fingerprint density at radius 3 is 2.67 bits per heavy atom. The van der Waals surface area contributed by atoms with Crippen LogP contribution in [0.15, 0.2) is 24.3 Å². The maximum Gasteiger partial charge on any atom is 0.323 e. The van der Waals surface area contributed by atoms with Crippen LogP contribution in [-0.2, 0) is 6.61 Å². The summed E-state index contributed by atoms with van der Waals surface area (Å²) in [6, 6.07) is 7.72. The summed E-state index contributed by atoms with van der Waals surface area (Å²) in [6.45, 7) is 2.17. The summed E-state index contributed by atoms with van der Waals surface area (Å²) >= 11 is 6.09. The molecule has 21 heavy (non-hydrogen) atoms. The Morgan fingerprint density at radius 2 is 1.90 bits per heavy atom. The van der Waals surface area contributed by atoms with E-state index in [1.807, 2.05) is 24.3 Å². The van der Waals surface area contributed by atoms with Crippen molar-refractivity contribution < 1.29 is 4.74 Å². The van der Waals surface area contributed by atoms with Crippen molar-refractivity contribution in [1.29, 1.82) is 0 Å². The lowest BCUT2D eigenvalue weighted by Crippen LogP contribution is -2.21. The van der Waals surface area contributed by atoms with Crippen LogP contribution in [-0.4, -0.2) is 28.0 Å². The largest absolute Gasteiger partial charge is 0.458 e. The number of hydrogen-bond acceptors (Lipinski definition) is 6. The highest BCUT2D eigenvalue weighted by atomic mass is 35.5. The molecule has 1 aromatic carbocycles. The van der Waals surface area contributed by atoms with Gasteiger partial charge in [0.25, 0.3) is 0 Å². The quantitative estimate of drug-likeness (QED) is 0.934. The Bertz CT molecular complexity index is 631. The van der Waals surface area contributed by atoms with Crippen molar-refractivity contribution >= 4 is 23.5 Å². The molecule has 0 amide bonds. The Hall–Kier alpha value is -2.08. The molecule has 110 valence electrons. The van der Waals surface area contributed by atoms with E-state index in [0.29, 0.717) is 17.6 Å².